The van der Waals surface area contributed by atoms with Crippen LogP contribution in [0.1, 0.15) is 54.4 Å². The highest BCUT2D eigenvalue weighted by atomic mass is 35.5. The molecule has 0 radical (unpaired) electrons. The van der Waals surface area contributed by atoms with Crippen LogP contribution in [0, 0.1) is 0 Å². The largest absolute Gasteiger partial charge is 0.345 e. The van der Waals surface area contributed by atoms with Gasteiger partial charge < -0.3 is 5.32 Å². The van der Waals surface area contributed by atoms with E-state index in [1.165, 1.54) is 6.42 Å². The van der Waals surface area contributed by atoms with E-state index in [2.05, 4.69) is 14.9 Å². The average Bonchev–Trinajstić information content (AvgIpc) is 2.88. The Morgan fingerprint density at radius 2 is 2.17 bits per heavy atom. The molecule has 1 aliphatic rings. The predicted octanol–water partition coefficient (Wildman–Crippen LogP) is 2.77. The van der Waals surface area contributed by atoms with Crippen molar-refractivity contribution in [2.75, 3.05) is 5.88 Å². The second-order valence-electron chi connectivity index (χ2n) is 4.83. The number of halogens is 1. The van der Waals surface area contributed by atoms with Gasteiger partial charge in [-0.25, -0.2) is 0 Å². The summed E-state index contributed by atoms with van der Waals surface area (Å²) in [5.74, 6) is 0.413. The van der Waals surface area contributed by atoms with Crippen LogP contribution in [-0.2, 0) is 6.42 Å². The van der Waals surface area contributed by atoms with Gasteiger partial charge in [0.1, 0.15) is 4.88 Å². The Morgan fingerprint density at radius 1 is 1.44 bits per heavy atom. The molecule has 0 aromatic carbocycles. The number of hydrogen-bond donors (Lipinski definition) is 1. The van der Waals surface area contributed by atoms with E-state index in [1.54, 1.807) is 0 Å². The Morgan fingerprint density at radius 3 is 2.78 bits per heavy atom. The molecular formula is C12H18ClN3OS. The van der Waals surface area contributed by atoms with E-state index in [1.807, 2.05) is 6.92 Å². The van der Waals surface area contributed by atoms with Crippen LogP contribution in [0.2, 0.25) is 0 Å². The van der Waals surface area contributed by atoms with Gasteiger partial charge >= 0.3 is 0 Å². The van der Waals surface area contributed by atoms with Crippen LogP contribution < -0.4 is 5.32 Å². The van der Waals surface area contributed by atoms with Crippen molar-refractivity contribution in [3.05, 3.63) is 10.6 Å². The lowest BCUT2D eigenvalue weighted by molar-refractivity contribution is 0.0888. The maximum Gasteiger partial charge on any atom is 0.265 e. The van der Waals surface area contributed by atoms with Gasteiger partial charge in [0.15, 0.2) is 0 Å². The molecular weight excluding hydrogens is 270 g/mol. The van der Waals surface area contributed by atoms with Crippen molar-refractivity contribution in [3.63, 3.8) is 0 Å². The highest BCUT2D eigenvalue weighted by Crippen LogP contribution is 2.30. The van der Waals surface area contributed by atoms with Gasteiger partial charge in [0.05, 0.1) is 11.2 Å². The van der Waals surface area contributed by atoms with Crippen LogP contribution in [0.4, 0.5) is 0 Å². The minimum absolute atomic E-state index is 0.0654. The van der Waals surface area contributed by atoms with Gasteiger partial charge in [-0.3, -0.25) is 4.79 Å². The zero-order chi connectivity index (χ0) is 13.0. The van der Waals surface area contributed by atoms with E-state index < -0.39 is 0 Å². The molecule has 0 aliphatic heterocycles. The monoisotopic (exact) mass is 287 g/mol. The van der Waals surface area contributed by atoms with Crippen LogP contribution >= 0.6 is 23.1 Å². The van der Waals surface area contributed by atoms with Gasteiger partial charge in [0.2, 0.25) is 0 Å². The number of alkyl halides is 1. The SMILES string of the molecule is CCc1nnsc1C(=O)NC1(CCl)CCCCC1. The molecule has 100 valence electrons. The molecule has 4 nitrogen and oxygen atoms in total. The van der Waals surface area contributed by atoms with Crippen LogP contribution in [0.3, 0.4) is 0 Å². The molecule has 0 bridgehead atoms. The lowest BCUT2D eigenvalue weighted by Gasteiger charge is -2.36. The molecule has 0 spiro atoms. The summed E-state index contributed by atoms with van der Waals surface area (Å²) in [6, 6.07) is 0. The molecule has 0 unspecified atom stereocenters. The number of nitrogens with one attached hydrogen (secondary N) is 1. The first-order valence-electron chi connectivity index (χ1n) is 6.40. The zero-order valence-electron chi connectivity index (χ0n) is 10.5. The molecule has 1 aromatic rings. The molecule has 2 rings (SSSR count). The molecule has 6 heteroatoms. The molecule has 1 saturated carbocycles. The highest BCUT2D eigenvalue weighted by Gasteiger charge is 2.33. The molecule has 1 aliphatic carbocycles. The van der Waals surface area contributed by atoms with Crippen molar-refractivity contribution in [2.24, 2.45) is 0 Å². The van der Waals surface area contributed by atoms with E-state index in [0.29, 0.717) is 10.8 Å². The van der Waals surface area contributed by atoms with Gasteiger partial charge in [-0.15, -0.1) is 16.7 Å². The summed E-state index contributed by atoms with van der Waals surface area (Å²) in [5.41, 5.74) is 0.546. The smallest absolute Gasteiger partial charge is 0.265 e. The standard InChI is InChI=1S/C12H18ClN3OS/c1-2-9-10(18-16-15-9)11(17)14-12(8-13)6-4-3-5-7-12/h2-8H2,1H3,(H,14,17). The molecule has 0 atom stereocenters. The third-order valence-electron chi connectivity index (χ3n) is 3.54. The average molecular weight is 288 g/mol. The summed E-state index contributed by atoms with van der Waals surface area (Å²) in [5, 5.41) is 7.09. The summed E-state index contributed by atoms with van der Waals surface area (Å²) in [4.78, 5) is 12.9. The molecule has 1 aromatic heterocycles. The van der Waals surface area contributed by atoms with Crippen molar-refractivity contribution in [1.82, 2.24) is 14.9 Å². The number of aryl methyl sites for hydroxylation is 1. The van der Waals surface area contributed by atoms with Gasteiger partial charge in [-0.1, -0.05) is 30.7 Å². The lowest BCUT2D eigenvalue weighted by Crippen LogP contribution is -2.51. The van der Waals surface area contributed by atoms with Crippen LogP contribution in [-0.4, -0.2) is 26.9 Å². The summed E-state index contributed by atoms with van der Waals surface area (Å²) in [6.45, 7) is 1.98. The van der Waals surface area contributed by atoms with Crippen molar-refractivity contribution in [2.45, 2.75) is 51.0 Å². The number of aromatic nitrogens is 2. The normalized spacial score (nSPS) is 18.6. The first-order chi connectivity index (χ1) is 8.71. The molecule has 18 heavy (non-hydrogen) atoms. The third-order valence-corrected chi connectivity index (χ3v) is 4.82. The first kappa shape index (κ1) is 13.7. The highest BCUT2D eigenvalue weighted by molar-refractivity contribution is 7.08. The predicted molar refractivity (Wildman–Crippen MR) is 73.3 cm³/mol. The Hall–Kier alpha value is -0.680. The minimum Gasteiger partial charge on any atom is -0.345 e. The second kappa shape index (κ2) is 5.97. The van der Waals surface area contributed by atoms with Crippen molar-refractivity contribution in [3.8, 4) is 0 Å². The van der Waals surface area contributed by atoms with Crippen molar-refractivity contribution < 1.29 is 4.79 Å². The van der Waals surface area contributed by atoms with Gasteiger partial charge in [-0.2, -0.15) is 0 Å². The fraction of sp³-hybridized carbons (Fsp3) is 0.750. The number of hydrogen-bond acceptors (Lipinski definition) is 4. The Labute approximate surface area is 116 Å². The number of carbonyl (C=O) groups is 1. The summed E-state index contributed by atoms with van der Waals surface area (Å²) >= 11 is 7.24. The zero-order valence-corrected chi connectivity index (χ0v) is 12.1. The first-order valence-corrected chi connectivity index (χ1v) is 7.71. The van der Waals surface area contributed by atoms with Crippen LogP contribution in [0.5, 0.6) is 0 Å². The van der Waals surface area contributed by atoms with E-state index in [4.69, 9.17) is 11.6 Å². The molecule has 1 heterocycles. The molecule has 0 saturated heterocycles. The van der Waals surface area contributed by atoms with E-state index in [0.717, 1.165) is 49.3 Å². The van der Waals surface area contributed by atoms with E-state index in [-0.39, 0.29) is 11.4 Å². The number of nitrogens with zero attached hydrogens (tertiary/aromatic N) is 2. The van der Waals surface area contributed by atoms with E-state index in [9.17, 15) is 4.79 Å². The Bertz CT molecular complexity index is 415. The fourth-order valence-electron chi connectivity index (χ4n) is 2.43. The minimum atomic E-state index is -0.230. The summed E-state index contributed by atoms with van der Waals surface area (Å²) in [6.07, 6.45) is 6.17. The Kier molecular flexibility index (Phi) is 4.56. The summed E-state index contributed by atoms with van der Waals surface area (Å²) in [7, 11) is 0. The third kappa shape index (κ3) is 2.83. The number of amides is 1. The number of rotatable bonds is 4. The van der Waals surface area contributed by atoms with Gasteiger partial charge in [0.25, 0.3) is 5.91 Å². The van der Waals surface area contributed by atoms with Crippen LogP contribution in [0.15, 0.2) is 0 Å². The van der Waals surface area contributed by atoms with E-state index >= 15 is 0 Å². The van der Waals surface area contributed by atoms with Gasteiger partial charge in [0, 0.05) is 5.88 Å². The molecule has 1 fully saturated rings. The second-order valence-corrected chi connectivity index (χ2v) is 5.85. The number of carbonyl (C=O) groups excluding carboxylic acids is 1. The molecule has 1 N–H and O–H groups in total. The molecule has 1 amide bonds. The Balaban J connectivity index is 2.10. The fourth-order valence-corrected chi connectivity index (χ4v) is 3.41. The lowest BCUT2D eigenvalue weighted by atomic mass is 9.83. The summed E-state index contributed by atoms with van der Waals surface area (Å²) < 4.78 is 3.85. The maximum absolute atomic E-state index is 12.3. The van der Waals surface area contributed by atoms with Crippen LogP contribution in [0.25, 0.3) is 0 Å². The topological polar surface area (TPSA) is 54.9 Å². The quantitative estimate of drug-likeness (QED) is 0.867. The van der Waals surface area contributed by atoms with Gasteiger partial charge in [-0.05, 0) is 30.8 Å². The van der Waals surface area contributed by atoms with Crippen molar-refractivity contribution >= 4 is 29.0 Å². The van der Waals surface area contributed by atoms with Crippen molar-refractivity contribution in [1.29, 1.82) is 0 Å². The maximum atomic E-state index is 12.3.